The number of nitrogens with one attached hydrogen (secondary N) is 1. The summed E-state index contributed by atoms with van der Waals surface area (Å²) in [6, 6.07) is 14.6. The first-order valence-electron chi connectivity index (χ1n) is 5.92. The molecule has 0 radical (unpaired) electrons. The van der Waals surface area contributed by atoms with Gasteiger partial charge in [0.05, 0.1) is 13.2 Å². The van der Waals surface area contributed by atoms with E-state index in [4.69, 9.17) is 4.74 Å². The summed E-state index contributed by atoms with van der Waals surface area (Å²) < 4.78 is 7.77. The van der Waals surface area contributed by atoms with Crippen molar-refractivity contribution in [1.82, 2.24) is 5.32 Å². The van der Waals surface area contributed by atoms with Crippen LogP contribution < -0.4 is 10.1 Å². The molecule has 0 aromatic heterocycles. The van der Waals surface area contributed by atoms with Crippen molar-refractivity contribution in [1.29, 1.82) is 0 Å². The van der Waals surface area contributed by atoms with Crippen molar-refractivity contribution in [2.45, 2.75) is 6.04 Å². The molecule has 0 fully saturated rings. The molecular formula is C15H15BrINO. The van der Waals surface area contributed by atoms with Crippen LogP contribution in [0.3, 0.4) is 0 Å². The van der Waals surface area contributed by atoms with Crippen molar-refractivity contribution >= 4 is 38.5 Å². The second-order valence-electron chi connectivity index (χ2n) is 4.13. The highest BCUT2D eigenvalue weighted by atomic mass is 127. The fraction of sp³-hybridized carbons (Fsp3) is 0.200. The first-order valence-corrected chi connectivity index (χ1v) is 7.79. The van der Waals surface area contributed by atoms with E-state index < -0.39 is 0 Å². The Hall–Kier alpha value is -0.590. The van der Waals surface area contributed by atoms with Crippen LogP contribution in [0.15, 0.2) is 46.9 Å². The summed E-state index contributed by atoms with van der Waals surface area (Å²) in [6.45, 7) is 0. The molecule has 1 N–H and O–H groups in total. The van der Waals surface area contributed by atoms with Gasteiger partial charge in [-0.2, -0.15) is 0 Å². The summed E-state index contributed by atoms with van der Waals surface area (Å²) in [4.78, 5) is 0. The molecule has 100 valence electrons. The second-order valence-corrected chi connectivity index (χ2v) is 6.21. The quantitative estimate of drug-likeness (QED) is 0.725. The summed E-state index contributed by atoms with van der Waals surface area (Å²) in [7, 11) is 3.67. The molecule has 0 heterocycles. The van der Waals surface area contributed by atoms with Gasteiger partial charge < -0.3 is 10.1 Å². The van der Waals surface area contributed by atoms with Crippen LogP contribution in [-0.2, 0) is 0 Å². The molecule has 1 unspecified atom stereocenters. The minimum absolute atomic E-state index is 0.112. The highest BCUT2D eigenvalue weighted by Gasteiger charge is 2.18. The van der Waals surface area contributed by atoms with Gasteiger partial charge in [-0.3, -0.25) is 0 Å². The van der Waals surface area contributed by atoms with E-state index >= 15 is 0 Å². The Balaban J connectivity index is 2.54. The van der Waals surface area contributed by atoms with Crippen LogP contribution in [0.2, 0.25) is 0 Å². The summed E-state index contributed by atoms with van der Waals surface area (Å²) in [6.07, 6.45) is 0. The Morgan fingerprint density at radius 1 is 1.16 bits per heavy atom. The Bertz CT molecular complexity index is 574. The number of halogens is 2. The van der Waals surface area contributed by atoms with E-state index in [1.54, 1.807) is 7.11 Å². The van der Waals surface area contributed by atoms with Crippen molar-refractivity contribution < 1.29 is 4.74 Å². The highest BCUT2D eigenvalue weighted by Crippen LogP contribution is 2.33. The monoisotopic (exact) mass is 431 g/mol. The maximum Gasteiger partial charge on any atom is 0.124 e. The lowest BCUT2D eigenvalue weighted by Crippen LogP contribution is -2.19. The fourth-order valence-electron chi connectivity index (χ4n) is 2.12. The zero-order valence-corrected chi connectivity index (χ0v) is 14.5. The van der Waals surface area contributed by atoms with Gasteiger partial charge >= 0.3 is 0 Å². The van der Waals surface area contributed by atoms with Gasteiger partial charge in [0.1, 0.15) is 5.75 Å². The molecule has 2 rings (SSSR count). The van der Waals surface area contributed by atoms with E-state index in [0.29, 0.717) is 0 Å². The Morgan fingerprint density at radius 3 is 2.53 bits per heavy atom. The van der Waals surface area contributed by atoms with E-state index in [9.17, 15) is 0 Å². The summed E-state index contributed by atoms with van der Waals surface area (Å²) in [5, 5.41) is 3.37. The van der Waals surface area contributed by atoms with E-state index in [-0.39, 0.29) is 6.04 Å². The SMILES string of the molecule is CNC(c1ccccc1I)c1cc(Br)ccc1OC. The Morgan fingerprint density at radius 2 is 1.89 bits per heavy atom. The largest absolute Gasteiger partial charge is 0.496 e. The van der Waals surface area contributed by atoms with Gasteiger partial charge in [0.25, 0.3) is 0 Å². The fourth-order valence-corrected chi connectivity index (χ4v) is 3.20. The molecule has 1 atom stereocenters. The molecule has 0 saturated heterocycles. The number of benzene rings is 2. The van der Waals surface area contributed by atoms with Crippen LogP contribution in [0, 0.1) is 3.57 Å². The molecule has 0 spiro atoms. The third-order valence-electron chi connectivity index (χ3n) is 3.01. The molecule has 0 aliphatic rings. The lowest BCUT2D eigenvalue weighted by molar-refractivity contribution is 0.405. The van der Waals surface area contributed by atoms with Gasteiger partial charge in [-0.15, -0.1) is 0 Å². The van der Waals surface area contributed by atoms with Crippen LogP contribution in [0.5, 0.6) is 5.75 Å². The second kappa shape index (κ2) is 6.72. The molecule has 2 nitrogen and oxygen atoms in total. The van der Waals surface area contributed by atoms with Crippen molar-refractivity contribution in [3.8, 4) is 5.75 Å². The number of hydrogen-bond acceptors (Lipinski definition) is 2. The standard InChI is InChI=1S/C15H15BrINO/c1-18-15(11-5-3-4-6-13(11)17)12-9-10(16)7-8-14(12)19-2/h3-9,15,18H,1-2H3. The van der Waals surface area contributed by atoms with Crippen molar-refractivity contribution in [2.75, 3.05) is 14.2 Å². The van der Waals surface area contributed by atoms with Gasteiger partial charge in [0.2, 0.25) is 0 Å². The van der Waals surface area contributed by atoms with Gasteiger partial charge in [-0.1, -0.05) is 34.1 Å². The van der Waals surface area contributed by atoms with Gasteiger partial charge in [0.15, 0.2) is 0 Å². The molecule has 2 aromatic rings. The van der Waals surface area contributed by atoms with Crippen LogP contribution in [-0.4, -0.2) is 14.2 Å². The minimum atomic E-state index is 0.112. The van der Waals surface area contributed by atoms with E-state index in [1.807, 2.05) is 19.2 Å². The molecule has 4 heteroatoms. The van der Waals surface area contributed by atoms with E-state index in [1.165, 1.54) is 9.13 Å². The number of methoxy groups -OCH3 is 1. The van der Waals surface area contributed by atoms with Crippen LogP contribution >= 0.6 is 38.5 Å². The Labute approximate surface area is 135 Å². The maximum absolute atomic E-state index is 5.48. The normalized spacial score (nSPS) is 12.2. The summed E-state index contributed by atoms with van der Waals surface area (Å²) in [5.41, 5.74) is 2.38. The molecule has 19 heavy (non-hydrogen) atoms. The minimum Gasteiger partial charge on any atom is -0.496 e. The summed E-state index contributed by atoms with van der Waals surface area (Å²) >= 11 is 5.89. The molecule has 2 aromatic carbocycles. The highest BCUT2D eigenvalue weighted by molar-refractivity contribution is 14.1. The van der Waals surface area contributed by atoms with Crippen molar-refractivity contribution in [3.05, 3.63) is 61.6 Å². The predicted molar refractivity (Wildman–Crippen MR) is 90.8 cm³/mol. The topological polar surface area (TPSA) is 21.3 Å². The zero-order chi connectivity index (χ0) is 13.8. The average Bonchev–Trinajstić information content (AvgIpc) is 2.42. The maximum atomic E-state index is 5.48. The van der Waals surface area contributed by atoms with Gasteiger partial charge in [-0.25, -0.2) is 0 Å². The molecule has 0 aliphatic heterocycles. The number of hydrogen-bond donors (Lipinski definition) is 1. The third kappa shape index (κ3) is 3.30. The van der Waals surface area contributed by atoms with Crippen molar-refractivity contribution in [3.63, 3.8) is 0 Å². The predicted octanol–water partition coefficient (Wildman–Crippen LogP) is 4.37. The molecule has 0 amide bonds. The third-order valence-corrected chi connectivity index (χ3v) is 4.48. The molecule has 0 saturated carbocycles. The van der Waals surface area contributed by atoms with Crippen LogP contribution in [0.25, 0.3) is 0 Å². The van der Waals surface area contributed by atoms with Crippen LogP contribution in [0.4, 0.5) is 0 Å². The Kier molecular flexibility index (Phi) is 5.24. The smallest absolute Gasteiger partial charge is 0.124 e. The average molecular weight is 432 g/mol. The summed E-state index contributed by atoms with van der Waals surface area (Å²) in [5.74, 6) is 0.891. The molecule has 0 aliphatic carbocycles. The van der Waals surface area contributed by atoms with Crippen LogP contribution in [0.1, 0.15) is 17.2 Å². The van der Waals surface area contributed by atoms with Gasteiger partial charge in [0, 0.05) is 13.6 Å². The van der Waals surface area contributed by atoms with E-state index in [0.717, 1.165) is 15.8 Å². The molecular weight excluding hydrogens is 417 g/mol. The number of ether oxygens (including phenoxy) is 1. The first kappa shape index (κ1) is 14.8. The van der Waals surface area contributed by atoms with Crippen molar-refractivity contribution in [2.24, 2.45) is 0 Å². The zero-order valence-electron chi connectivity index (χ0n) is 10.8. The first-order chi connectivity index (χ1) is 9.17. The lowest BCUT2D eigenvalue weighted by atomic mass is 9.98. The number of rotatable bonds is 4. The molecule has 0 bridgehead atoms. The lowest BCUT2D eigenvalue weighted by Gasteiger charge is -2.21. The van der Waals surface area contributed by atoms with Gasteiger partial charge in [-0.05, 0) is 59.5 Å². The van der Waals surface area contributed by atoms with E-state index in [2.05, 4.69) is 74.2 Å².